The lowest BCUT2D eigenvalue weighted by molar-refractivity contribution is -0.0798. The van der Waals surface area contributed by atoms with Crippen LogP contribution < -0.4 is 0 Å². The zero-order valence-corrected chi connectivity index (χ0v) is 12.9. The second-order valence-electron chi connectivity index (χ2n) is 7.36. The molecule has 6 nitrogen and oxygen atoms in total. The lowest BCUT2D eigenvalue weighted by Gasteiger charge is -2.56. The van der Waals surface area contributed by atoms with Gasteiger partial charge >= 0.3 is 5.71 Å². The topological polar surface area (TPSA) is 89.3 Å². The summed E-state index contributed by atoms with van der Waals surface area (Å²) in [6.07, 6.45) is 5.17. The van der Waals surface area contributed by atoms with Gasteiger partial charge in [-0.2, -0.15) is 4.79 Å². The van der Waals surface area contributed by atoms with Crippen molar-refractivity contribution < 1.29 is 19.7 Å². The van der Waals surface area contributed by atoms with E-state index in [0.29, 0.717) is 18.2 Å². The highest BCUT2D eigenvalue weighted by Crippen LogP contribution is 2.65. The van der Waals surface area contributed by atoms with E-state index in [9.17, 15) is 15.7 Å². The van der Waals surface area contributed by atoms with Gasteiger partial charge in [0.05, 0.1) is 6.42 Å². The van der Waals surface area contributed by atoms with E-state index in [0.717, 1.165) is 25.0 Å². The van der Waals surface area contributed by atoms with Crippen LogP contribution in [0.4, 0.5) is 0 Å². The minimum Gasteiger partial charge on any atom is -0.499 e. The van der Waals surface area contributed by atoms with Crippen LogP contribution in [-0.4, -0.2) is 57.5 Å². The number of piperidine rings is 1. The van der Waals surface area contributed by atoms with Gasteiger partial charge in [-0.15, -0.1) is 0 Å². The van der Waals surface area contributed by atoms with Gasteiger partial charge in [0.25, 0.3) is 0 Å². The van der Waals surface area contributed by atoms with Crippen molar-refractivity contribution in [1.29, 1.82) is 0 Å². The van der Waals surface area contributed by atoms with Crippen molar-refractivity contribution in [3.63, 3.8) is 0 Å². The molecule has 0 aromatic rings. The molecule has 1 spiro atoms. The van der Waals surface area contributed by atoms with Crippen LogP contribution >= 0.6 is 0 Å². The van der Waals surface area contributed by atoms with Gasteiger partial charge in [-0.3, -0.25) is 0 Å². The van der Waals surface area contributed by atoms with E-state index in [4.69, 9.17) is 4.74 Å². The summed E-state index contributed by atoms with van der Waals surface area (Å²) in [4.78, 5) is 5.63. The molecular formula is C17H19N3O3. The zero-order valence-electron chi connectivity index (χ0n) is 12.9. The number of ether oxygens (including phenoxy) is 1. The molecule has 2 aliphatic heterocycles. The molecule has 0 aromatic carbocycles. The Hall–Kier alpha value is -1.88. The molecule has 120 valence electrons. The summed E-state index contributed by atoms with van der Waals surface area (Å²) >= 11 is 0. The molecule has 0 saturated carbocycles. The third-order valence-corrected chi connectivity index (χ3v) is 6.52. The smallest absolute Gasteiger partial charge is 0.341 e. The Bertz CT molecular complexity index is 761. The summed E-state index contributed by atoms with van der Waals surface area (Å²) in [7, 11) is 2.14. The highest BCUT2D eigenvalue weighted by atomic mass is 16.5. The van der Waals surface area contributed by atoms with Crippen LogP contribution in [0, 0.1) is 11.3 Å². The normalized spacial score (nSPS) is 44.2. The predicted octanol–water partition coefficient (Wildman–Crippen LogP) is 1.17. The van der Waals surface area contributed by atoms with Crippen molar-refractivity contribution >= 4 is 5.71 Å². The summed E-state index contributed by atoms with van der Waals surface area (Å²) in [5.41, 5.74) is 11.5. The maximum absolute atomic E-state index is 10.5. The Morgan fingerprint density at radius 3 is 3.04 bits per heavy atom. The second kappa shape index (κ2) is 4.15. The van der Waals surface area contributed by atoms with Crippen molar-refractivity contribution in [3.8, 4) is 0 Å². The van der Waals surface area contributed by atoms with Crippen molar-refractivity contribution in [1.82, 2.24) is 4.90 Å². The van der Waals surface area contributed by atoms with Gasteiger partial charge in [-0.05, 0) is 32.0 Å². The molecule has 3 aliphatic carbocycles. The van der Waals surface area contributed by atoms with Crippen LogP contribution in [0.1, 0.15) is 19.3 Å². The minimum atomic E-state index is -0.678. The van der Waals surface area contributed by atoms with Crippen molar-refractivity contribution in [3.05, 3.63) is 40.3 Å². The minimum absolute atomic E-state index is 0.0710. The first-order valence-electron chi connectivity index (χ1n) is 8.18. The number of hydrogen-bond acceptors (Lipinski definition) is 4. The zero-order chi connectivity index (χ0) is 15.9. The predicted molar refractivity (Wildman–Crippen MR) is 81.5 cm³/mol. The van der Waals surface area contributed by atoms with Gasteiger partial charge in [0.1, 0.15) is 12.2 Å². The second-order valence-corrected chi connectivity index (χ2v) is 7.36. The maximum atomic E-state index is 10.5. The first-order valence-corrected chi connectivity index (χ1v) is 8.18. The number of hydrogen-bond donors (Lipinski definition) is 2. The standard InChI is InChI=1S/C17H19N3O3/c1-20-5-4-17-9-2-3-12(21)16(17)23-15-13(17)8(7-11(9)20)6-10(19-18)14(15)22/h2-3,9,11-12,16,21-22H,4-7H2,1H3/t9-,11+,12-,16-,17-/m0/s1. The Morgan fingerprint density at radius 2 is 2.26 bits per heavy atom. The summed E-state index contributed by atoms with van der Waals surface area (Å²) < 4.78 is 6.08. The van der Waals surface area contributed by atoms with E-state index in [1.54, 1.807) is 0 Å². The molecular weight excluding hydrogens is 294 g/mol. The Morgan fingerprint density at radius 1 is 1.43 bits per heavy atom. The molecule has 2 saturated heterocycles. The van der Waals surface area contributed by atoms with Crippen LogP contribution in [0.5, 0.6) is 0 Å². The van der Waals surface area contributed by atoms with E-state index in [1.165, 1.54) is 5.57 Å². The van der Waals surface area contributed by atoms with Crippen LogP contribution in [0.2, 0.25) is 0 Å². The van der Waals surface area contributed by atoms with Gasteiger partial charge in [0.15, 0.2) is 5.76 Å². The molecule has 0 aromatic heterocycles. The Kier molecular flexibility index (Phi) is 2.44. The SMILES string of the molecule is CN1CC[C@]23C4=C5CC(=[N+]=[N-])C(O)=C4O[C@H]2[C@@H](O)C=C[C@H]3[C@H]1C5. The molecule has 6 heteroatoms. The van der Waals surface area contributed by atoms with Gasteiger partial charge in [-0.1, -0.05) is 12.2 Å². The van der Waals surface area contributed by atoms with Gasteiger partial charge < -0.3 is 25.4 Å². The number of aliphatic hydroxyl groups excluding tert-OH is 2. The third-order valence-electron chi connectivity index (χ3n) is 6.52. The lowest BCUT2D eigenvalue weighted by Crippen LogP contribution is -2.61. The van der Waals surface area contributed by atoms with Gasteiger partial charge in [-0.25, -0.2) is 0 Å². The number of rotatable bonds is 0. The summed E-state index contributed by atoms with van der Waals surface area (Å²) in [5.74, 6) is 0.643. The van der Waals surface area contributed by atoms with Gasteiger partial charge in [0.2, 0.25) is 5.76 Å². The van der Waals surface area contributed by atoms with Crippen LogP contribution in [0.3, 0.4) is 0 Å². The monoisotopic (exact) mass is 313 g/mol. The number of nitrogens with zero attached hydrogens (tertiary/aromatic N) is 3. The third kappa shape index (κ3) is 1.38. The fourth-order valence-electron chi connectivity index (χ4n) is 5.55. The van der Waals surface area contributed by atoms with Crippen molar-refractivity contribution in [2.45, 2.75) is 37.5 Å². The molecule has 2 fully saturated rings. The fourth-order valence-corrected chi connectivity index (χ4v) is 5.55. The van der Waals surface area contributed by atoms with E-state index in [1.807, 2.05) is 6.08 Å². The number of allylic oxidation sites excluding steroid dienone is 2. The van der Waals surface area contributed by atoms with E-state index < -0.39 is 6.10 Å². The molecule has 2 N–H and O–H groups in total. The van der Waals surface area contributed by atoms with Crippen LogP contribution in [0.25, 0.3) is 5.53 Å². The maximum Gasteiger partial charge on any atom is 0.341 e. The molecule has 0 unspecified atom stereocenters. The largest absolute Gasteiger partial charge is 0.499 e. The fraction of sp³-hybridized carbons (Fsp3) is 0.588. The highest BCUT2D eigenvalue weighted by Gasteiger charge is 2.66. The Labute approximate surface area is 134 Å². The highest BCUT2D eigenvalue weighted by molar-refractivity contribution is 5.98. The molecule has 5 rings (SSSR count). The Balaban J connectivity index is 1.82. The summed E-state index contributed by atoms with van der Waals surface area (Å²) in [6.45, 7) is 0.952. The van der Waals surface area contributed by atoms with Crippen LogP contribution in [0.15, 0.2) is 34.8 Å². The molecule has 0 amide bonds. The van der Waals surface area contributed by atoms with Crippen molar-refractivity contribution in [2.75, 3.05) is 13.6 Å². The number of likely N-dealkylation sites (tertiary alicyclic amines) is 1. The quantitative estimate of drug-likeness (QED) is 0.399. The average Bonchev–Trinajstić information content (AvgIpc) is 2.90. The van der Waals surface area contributed by atoms with E-state index in [-0.39, 0.29) is 28.9 Å². The summed E-state index contributed by atoms with van der Waals surface area (Å²) in [5, 5.41) is 21.0. The van der Waals surface area contributed by atoms with E-state index >= 15 is 0 Å². The van der Waals surface area contributed by atoms with Crippen molar-refractivity contribution in [2.24, 2.45) is 11.3 Å². The number of aliphatic hydroxyl groups is 2. The molecule has 23 heavy (non-hydrogen) atoms. The first-order chi connectivity index (χ1) is 11.1. The van der Waals surface area contributed by atoms with Crippen LogP contribution in [-0.2, 0) is 4.74 Å². The molecule has 5 atom stereocenters. The first kappa shape index (κ1) is 13.5. The molecule has 2 bridgehead atoms. The average molecular weight is 313 g/mol. The van der Waals surface area contributed by atoms with Gasteiger partial charge in [0, 0.05) is 22.9 Å². The molecule has 2 heterocycles. The summed E-state index contributed by atoms with van der Waals surface area (Å²) in [6, 6.07) is 0.358. The molecule has 0 radical (unpaired) electrons. The van der Waals surface area contributed by atoms with E-state index in [2.05, 4.69) is 22.8 Å². The molecule has 5 aliphatic rings. The lowest BCUT2D eigenvalue weighted by atomic mass is 9.52.